The van der Waals surface area contributed by atoms with E-state index in [4.69, 9.17) is 4.74 Å². The Bertz CT molecular complexity index is 1050. The van der Waals surface area contributed by atoms with Crippen LogP contribution >= 0.6 is 0 Å². The van der Waals surface area contributed by atoms with Crippen molar-refractivity contribution >= 4 is 21.6 Å². The number of nitrogens with one attached hydrogen (secondary N) is 1. The normalized spacial score (nSPS) is 22.3. The highest BCUT2D eigenvalue weighted by Crippen LogP contribution is 2.33. The minimum Gasteiger partial charge on any atom is -0.369 e. The summed E-state index contributed by atoms with van der Waals surface area (Å²) in [5.74, 6) is -2.95. The molecule has 29 heavy (non-hydrogen) atoms. The highest BCUT2D eigenvalue weighted by Gasteiger charge is 2.54. The van der Waals surface area contributed by atoms with Gasteiger partial charge in [0, 0.05) is 11.8 Å². The van der Waals surface area contributed by atoms with Gasteiger partial charge in [-0.05, 0) is 12.1 Å². The van der Waals surface area contributed by atoms with Crippen molar-refractivity contribution in [3.63, 3.8) is 0 Å². The van der Waals surface area contributed by atoms with Crippen molar-refractivity contribution in [3.8, 4) is 0 Å². The first kappa shape index (κ1) is 19.7. The third-order valence-corrected chi connectivity index (χ3v) is 7.19. The lowest BCUT2D eigenvalue weighted by Crippen LogP contribution is -2.71. The van der Waals surface area contributed by atoms with E-state index in [0.717, 1.165) is 24.5 Å². The molecule has 4 rings (SSSR count). The van der Waals surface area contributed by atoms with Gasteiger partial charge in [-0.3, -0.25) is 4.68 Å². The van der Waals surface area contributed by atoms with Gasteiger partial charge in [-0.1, -0.05) is 0 Å². The Labute approximate surface area is 164 Å². The van der Waals surface area contributed by atoms with Crippen LogP contribution in [0.1, 0.15) is 0 Å². The molecule has 12 heteroatoms. The standard InChI is InChI=1S/C17H17F3N4O4S/c18-11-4-21-24(5-11)6-13-7-28-17(10-29(13,26)27)8-23(9-17)16(25)22-12-1-2-14(19)15(20)3-12/h1-5,13H,6-10H2,(H,22,25)/t13-/m0/s1. The maximum atomic E-state index is 13.2. The quantitative estimate of drug-likeness (QED) is 0.795. The lowest BCUT2D eigenvalue weighted by atomic mass is 9.96. The maximum absolute atomic E-state index is 13.2. The van der Waals surface area contributed by atoms with Crippen LogP contribution < -0.4 is 5.32 Å². The Hall–Kier alpha value is -2.60. The molecular formula is C17H17F3N4O4S. The number of rotatable bonds is 3. The van der Waals surface area contributed by atoms with Gasteiger partial charge in [0.1, 0.15) is 10.9 Å². The van der Waals surface area contributed by atoms with Crippen LogP contribution in [-0.4, -0.2) is 65.4 Å². The molecule has 2 aliphatic rings. The first-order valence-corrected chi connectivity index (χ1v) is 10.4. The highest BCUT2D eigenvalue weighted by molar-refractivity contribution is 7.92. The number of carbonyl (C=O) groups excluding carboxylic acids is 1. The summed E-state index contributed by atoms with van der Waals surface area (Å²) in [6.45, 7) is -0.0270. The van der Waals surface area contributed by atoms with E-state index in [1.807, 2.05) is 0 Å². The Balaban J connectivity index is 1.35. The average molecular weight is 430 g/mol. The number of hydrogen-bond acceptors (Lipinski definition) is 5. The molecule has 3 heterocycles. The van der Waals surface area contributed by atoms with Crippen molar-refractivity contribution in [1.82, 2.24) is 14.7 Å². The molecular weight excluding hydrogens is 413 g/mol. The number of ether oxygens (including phenoxy) is 1. The molecule has 1 aromatic carbocycles. The number of anilines is 1. The minimum absolute atomic E-state index is 0.0251. The van der Waals surface area contributed by atoms with Crippen molar-refractivity contribution in [3.05, 3.63) is 48.0 Å². The Morgan fingerprint density at radius 1 is 1.28 bits per heavy atom. The summed E-state index contributed by atoms with van der Waals surface area (Å²) in [5, 5.41) is 5.31. The third-order valence-electron chi connectivity index (χ3n) is 4.96. The first-order chi connectivity index (χ1) is 13.7. The molecule has 0 bridgehead atoms. The van der Waals surface area contributed by atoms with E-state index in [1.165, 1.54) is 15.6 Å². The third kappa shape index (κ3) is 3.94. The van der Waals surface area contributed by atoms with Gasteiger partial charge in [-0.25, -0.2) is 26.4 Å². The number of amides is 2. The molecule has 2 saturated heterocycles. The second kappa shape index (κ2) is 7.02. The van der Waals surface area contributed by atoms with Gasteiger partial charge in [-0.2, -0.15) is 5.10 Å². The molecule has 1 aromatic heterocycles. The zero-order valence-electron chi connectivity index (χ0n) is 15.0. The average Bonchev–Trinajstić information content (AvgIpc) is 3.02. The van der Waals surface area contributed by atoms with E-state index >= 15 is 0 Å². The fraction of sp³-hybridized carbons (Fsp3) is 0.412. The molecule has 2 aromatic rings. The predicted molar refractivity (Wildman–Crippen MR) is 95.4 cm³/mol. The van der Waals surface area contributed by atoms with Crippen molar-refractivity contribution in [2.24, 2.45) is 0 Å². The molecule has 1 atom stereocenters. The molecule has 1 spiro atoms. The number of nitrogens with zero attached hydrogens (tertiary/aromatic N) is 3. The van der Waals surface area contributed by atoms with Gasteiger partial charge < -0.3 is 15.0 Å². The van der Waals surface area contributed by atoms with Crippen molar-refractivity contribution < 1.29 is 31.1 Å². The van der Waals surface area contributed by atoms with Gasteiger partial charge in [0.05, 0.1) is 44.4 Å². The highest BCUT2D eigenvalue weighted by atomic mass is 32.2. The lowest BCUT2D eigenvalue weighted by Gasteiger charge is -2.51. The van der Waals surface area contributed by atoms with Crippen molar-refractivity contribution in [1.29, 1.82) is 0 Å². The lowest BCUT2D eigenvalue weighted by molar-refractivity contribution is -0.117. The van der Waals surface area contributed by atoms with Crippen molar-refractivity contribution in [2.45, 2.75) is 17.4 Å². The van der Waals surface area contributed by atoms with E-state index in [0.29, 0.717) is 0 Å². The van der Waals surface area contributed by atoms with E-state index < -0.39 is 44.2 Å². The van der Waals surface area contributed by atoms with Gasteiger partial charge in [0.25, 0.3) is 0 Å². The molecule has 1 N–H and O–H groups in total. The van der Waals surface area contributed by atoms with Crippen LogP contribution in [0.3, 0.4) is 0 Å². The topological polar surface area (TPSA) is 93.5 Å². The molecule has 2 aliphatic heterocycles. The summed E-state index contributed by atoms with van der Waals surface area (Å²) in [4.78, 5) is 13.6. The summed E-state index contributed by atoms with van der Waals surface area (Å²) in [6, 6.07) is 2.39. The second-order valence-corrected chi connectivity index (χ2v) is 9.50. The zero-order chi connectivity index (χ0) is 20.8. The Morgan fingerprint density at radius 3 is 2.66 bits per heavy atom. The van der Waals surface area contributed by atoms with Crippen LogP contribution in [0.15, 0.2) is 30.6 Å². The van der Waals surface area contributed by atoms with Crippen LogP contribution in [0.25, 0.3) is 0 Å². The summed E-state index contributed by atoms with van der Waals surface area (Å²) >= 11 is 0. The van der Waals surface area contributed by atoms with Crippen LogP contribution in [0.4, 0.5) is 23.7 Å². The maximum Gasteiger partial charge on any atom is 0.322 e. The largest absolute Gasteiger partial charge is 0.369 e. The number of hydrogen-bond donors (Lipinski definition) is 1. The molecule has 0 radical (unpaired) electrons. The monoisotopic (exact) mass is 430 g/mol. The van der Waals surface area contributed by atoms with E-state index in [-0.39, 0.29) is 37.7 Å². The molecule has 156 valence electrons. The van der Waals surface area contributed by atoms with Gasteiger partial charge in [0.15, 0.2) is 27.3 Å². The number of halogens is 3. The number of aromatic nitrogens is 2. The number of sulfone groups is 1. The van der Waals surface area contributed by atoms with Crippen LogP contribution in [0.2, 0.25) is 0 Å². The van der Waals surface area contributed by atoms with Crippen LogP contribution in [-0.2, 0) is 21.1 Å². The van der Waals surface area contributed by atoms with Crippen LogP contribution in [0, 0.1) is 17.5 Å². The fourth-order valence-electron chi connectivity index (χ4n) is 3.46. The Morgan fingerprint density at radius 2 is 2.03 bits per heavy atom. The summed E-state index contributed by atoms with van der Waals surface area (Å²) in [5.41, 5.74) is -0.922. The smallest absolute Gasteiger partial charge is 0.322 e. The molecule has 2 fully saturated rings. The SMILES string of the molecule is O=C(Nc1ccc(F)c(F)c1)N1CC2(C1)CS(=O)(=O)[C@@H](Cn1cc(F)cn1)CO2. The number of likely N-dealkylation sites (tertiary alicyclic amines) is 1. The van der Waals surface area contributed by atoms with Gasteiger partial charge in [0.2, 0.25) is 0 Å². The fourth-order valence-corrected chi connectivity index (χ4v) is 5.35. The minimum atomic E-state index is -3.56. The first-order valence-electron chi connectivity index (χ1n) is 8.70. The molecule has 0 aliphatic carbocycles. The summed E-state index contributed by atoms with van der Waals surface area (Å²) < 4.78 is 71.4. The van der Waals surface area contributed by atoms with Gasteiger partial charge in [-0.15, -0.1) is 0 Å². The zero-order valence-corrected chi connectivity index (χ0v) is 15.8. The van der Waals surface area contributed by atoms with E-state index in [2.05, 4.69) is 10.4 Å². The number of benzene rings is 1. The summed E-state index contributed by atoms with van der Waals surface area (Å²) in [6.07, 6.45) is 2.10. The summed E-state index contributed by atoms with van der Waals surface area (Å²) in [7, 11) is -3.56. The van der Waals surface area contributed by atoms with Crippen molar-refractivity contribution in [2.75, 3.05) is 30.8 Å². The van der Waals surface area contributed by atoms with E-state index in [9.17, 15) is 26.4 Å². The molecule has 0 unspecified atom stereocenters. The molecule has 8 nitrogen and oxygen atoms in total. The van der Waals surface area contributed by atoms with E-state index in [1.54, 1.807) is 0 Å². The van der Waals surface area contributed by atoms with Gasteiger partial charge >= 0.3 is 6.03 Å². The Kier molecular flexibility index (Phi) is 4.77. The molecule has 0 saturated carbocycles. The predicted octanol–water partition coefficient (Wildman–Crippen LogP) is 1.40. The second-order valence-electron chi connectivity index (χ2n) is 7.22. The molecule has 2 amide bonds. The number of urea groups is 1. The number of carbonyl (C=O) groups is 1. The van der Waals surface area contributed by atoms with Crippen LogP contribution in [0.5, 0.6) is 0 Å².